The van der Waals surface area contributed by atoms with E-state index in [9.17, 15) is 4.79 Å². The summed E-state index contributed by atoms with van der Waals surface area (Å²) >= 11 is 0. The number of nitrogens with zero attached hydrogens (tertiary/aromatic N) is 3. The van der Waals surface area contributed by atoms with Crippen LogP contribution < -0.4 is 10.6 Å². The van der Waals surface area contributed by atoms with Gasteiger partial charge in [0.05, 0.1) is 5.39 Å². The first-order chi connectivity index (χ1) is 17.1. The molecule has 0 aliphatic rings. The molecule has 0 atom stereocenters. The van der Waals surface area contributed by atoms with Gasteiger partial charge < -0.3 is 15.1 Å². The van der Waals surface area contributed by atoms with Gasteiger partial charge in [-0.1, -0.05) is 44.2 Å². The van der Waals surface area contributed by atoms with E-state index in [1.807, 2.05) is 42.5 Å². The highest BCUT2D eigenvalue weighted by molar-refractivity contribution is 6.06. The van der Waals surface area contributed by atoms with Crippen LogP contribution in [0.3, 0.4) is 0 Å². The summed E-state index contributed by atoms with van der Waals surface area (Å²) in [5.41, 5.74) is 4.58. The van der Waals surface area contributed by atoms with E-state index in [0.29, 0.717) is 28.6 Å². The third-order valence-electron chi connectivity index (χ3n) is 5.58. The Balaban J connectivity index is 1.55. The van der Waals surface area contributed by atoms with Crippen molar-refractivity contribution < 1.29 is 9.21 Å². The second-order valence-corrected chi connectivity index (χ2v) is 8.62. The van der Waals surface area contributed by atoms with Gasteiger partial charge in [0.15, 0.2) is 0 Å². The standard InChI is InChI=1S/C28H25N5O2/c1-18(2)16-30-26-24-23(19-6-4-3-5-7-19)25(35-28(24)32-17-31-26)20-8-10-22(11-9-20)33-27(34)21-12-14-29-15-13-21/h3-15,17-18H,16H2,1-2H3,(H,33,34)(H,30,31,32). The maximum absolute atomic E-state index is 12.5. The molecule has 0 saturated heterocycles. The molecule has 2 N–H and O–H groups in total. The molecular formula is C28H25N5O2. The fourth-order valence-corrected chi connectivity index (χ4v) is 3.86. The summed E-state index contributed by atoms with van der Waals surface area (Å²) in [5.74, 6) is 1.72. The highest BCUT2D eigenvalue weighted by atomic mass is 16.3. The van der Waals surface area contributed by atoms with Crippen LogP contribution in [0.25, 0.3) is 33.6 Å². The zero-order valence-electron chi connectivity index (χ0n) is 19.5. The fourth-order valence-electron chi connectivity index (χ4n) is 3.86. The summed E-state index contributed by atoms with van der Waals surface area (Å²) in [5, 5.41) is 7.21. The molecule has 3 aromatic heterocycles. The lowest BCUT2D eigenvalue weighted by molar-refractivity contribution is 0.102. The van der Waals surface area contributed by atoms with E-state index in [0.717, 1.165) is 34.4 Å². The molecule has 3 heterocycles. The molecule has 0 spiro atoms. The molecule has 0 fully saturated rings. The number of aromatic nitrogens is 3. The number of carbonyl (C=O) groups is 1. The number of anilines is 2. The molecule has 5 aromatic rings. The molecular weight excluding hydrogens is 438 g/mol. The minimum absolute atomic E-state index is 0.190. The average Bonchev–Trinajstić information content (AvgIpc) is 3.29. The van der Waals surface area contributed by atoms with Crippen molar-refractivity contribution in [3.63, 3.8) is 0 Å². The lowest BCUT2D eigenvalue weighted by Crippen LogP contribution is -2.11. The van der Waals surface area contributed by atoms with Gasteiger partial charge in [0.25, 0.3) is 5.91 Å². The number of hydrogen-bond acceptors (Lipinski definition) is 6. The number of fused-ring (bicyclic) bond motifs is 1. The molecule has 7 nitrogen and oxygen atoms in total. The van der Waals surface area contributed by atoms with Gasteiger partial charge >= 0.3 is 0 Å². The molecule has 35 heavy (non-hydrogen) atoms. The van der Waals surface area contributed by atoms with E-state index in [2.05, 4.69) is 51.6 Å². The predicted octanol–water partition coefficient (Wildman–Crippen LogP) is 6.27. The topological polar surface area (TPSA) is 92.9 Å². The lowest BCUT2D eigenvalue weighted by Gasteiger charge is -2.10. The predicted molar refractivity (Wildman–Crippen MR) is 138 cm³/mol. The Bertz CT molecular complexity index is 1450. The van der Waals surface area contributed by atoms with E-state index in [1.54, 1.807) is 24.5 Å². The van der Waals surface area contributed by atoms with Crippen LogP contribution in [0.1, 0.15) is 24.2 Å². The quantitative estimate of drug-likeness (QED) is 0.295. The van der Waals surface area contributed by atoms with E-state index < -0.39 is 0 Å². The zero-order chi connectivity index (χ0) is 24.2. The third-order valence-corrected chi connectivity index (χ3v) is 5.58. The molecule has 1 amide bonds. The van der Waals surface area contributed by atoms with Crippen LogP contribution in [0.4, 0.5) is 11.5 Å². The van der Waals surface area contributed by atoms with E-state index in [4.69, 9.17) is 4.42 Å². The van der Waals surface area contributed by atoms with Crippen molar-refractivity contribution >= 4 is 28.5 Å². The number of furan rings is 1. The molecule has 174 valence electrons. The van der Waals surface area contributed by atoms with Gasteiger partial charge in [-0.05, 0) is 47.9 Å². The molecule has 0 aliphatic heterocycles. The molecule has 5 rings (SSSR count). The number of amides is 1. The third kappa shape index (κ3) is 4.75. The summed E-state index contributed by atoms with van der Waals surface area (Å²) < 4.78 is 6.29. The first kappa shape index (κ1) is 22.3. The largest absolute Gasteiger partial charge is 0.437 e. The highest BCUT2D eigenvalue weighted by Crippen LogP contribution is 2.42. The fraction of sp³-hybridized carbons (Fsp3) is 0.143. The zero-order valence-corrected chi connectivity index (χ0v) is 19.5. The Morgan fingerprint density at radius 2 is 1.66 bits per heavy atom. The molecule has 0 bridgehead atoms. The van der Waals surface area contributed by atoms with Crippen LogP contribution in [0.2, 0.25) is 0 Å². The molecule has 2 aromatic carbocycles. The Kier molecular flexibility index (Phi) is 6.22. The Labute approximate surface area is 203 Å². The van der Waals surface area contributed by atoms with Gasteiger partial charge in [-0.3, -0.25) is 9.78 Å². The summed E-state index contributed by atoms with van der Waals surface area (Å²) in [6.07, 6.45) is 4.71. The minimum Gasteiger partial charge on any atom is -0.437 e. The maximum atomic E-state index is 12.5. The molecule has 0 unspecified atom stereocenters. The van der Waals surface area contributed by atoms with Crippen molar-refractivity contribution in [2.75, 3.05) is 17.2 Å². The van der Waals surface area contributed by atoms with Gasteiger partial charge in [0.1, 0.15) is 17.9 Å². The molecule has 0 aliphatic carbocycles. The van der Waals surface area contributed by atoms with Gasteiger partial charge in [-0.2, -0.15) is 0 Å². The molecule has 0 saturated carbocycles. The van der Waals surface area contributed by atoms with Crippen LogP contribution in [0.15, 0.2) is 89.9 Å². The van der Waals surface area contributed by atoms with Crippen molar-refractivity contribution in [3.8, 4) is 22.5 Å². The highest BCUT2D eigenvalue weighted by Gasteiger charge is 2.22. The minimum atomic E-state index is -0.190. The number of carbonyl (C=O) groups excluding carboxylic acids is 1. The Morgan fingerprint density at radius 3 is 2.37 bits per heavy atom. The normalized spacial score (nSPS) is 11.1. The number of rotatable bonds is 7. The Hall–Kier alpha value is -4.52. The number of pyridine rings is 1. The number of benzene rings is 2. The van der Waals surface area contributed by atoms with Crippen LogP contribution in [-0.2, 0) is 0 Å². The van der Waals surface area contributed by atoms with Crippen molar-refractivity contribution in [1.82, 2.24) is 15.0 Å². The smallest absolute Gasteiger partial charge is 0.255 e. The van der Waals surface area contributed by atoms with Crippen molar-refractivity contribution in [2.45, 2.75) is 13.8 Å². The Morgan fingerprint density at radius 1 is 0.914 bits per heavy atom. The van der Waals surface area contributed by atoms with Crippen LogP contribution in [-0.4, -0.2) is 27.4 Å². The second kappa shape index (κ2) is 9.77. The van der Waals surface area contributed by atoms with Gasteiger partial charge in [0, 0.05) is 41.3 Å². The SMILES string of the molecule is CC(C)CNc1ncnc2oc(-c3ccc(NC(=O)c4ccncc4)cc3)c(-c3ccccc3)c12. The maximum Gasteiger partial charge on any atom is 0.255 e. The van der Waals surface area contributed by atoms with Gasteiger partial charge in [-0.25, -0.2) is 9.97 Å². The van der Waals surface area contributed by atoms with Crippen molar-refractivity contribution in [1.29, 1.82) is 0 Å². The monoisotopic (exact) mass is 463 g/mol. The van der Waals surface area contributed by atoms with E-state index in [-0.39, 0.29) is 5.91 Å². The van der Waals surface area contributed by atoms with E-state index >= 15 is 0 Å². The van der Waals surface area contributed by atoms with Crippen LogP contribution in [0, 0.1) is 5.92 Å². The first-order valence-electron chi connectivity index (χ1n) is 11.5. The summed E-state index contributed by atoms with van der Waals surface area (Å²) in [6, 6.07) is 21.0. The van der Waals surface area contributed by atoms with Crippen LogP contribution in [0.5, 0.6) is 0 Å². The summed E-state index contributed by atoms with van der Waals surface area (Å²) in [4.78, 5) is 25.4. The van der Waals surface area contributed by atoms with Crippen molar-refractivity contribution in [3.05, 3.63) is 91.0 Å². The molecule has 0 radical (unpaired) electrons. The van der Waals surface area contributed by atoms with Gasteiger partial charge in [0.2, 0.25) is 5.71 Å². The summed E-state index contributed by atoms with van der Waals surface area (Å²) in [7, 11) is 0. The van der Waals surface area contributed by atoms with Crippen molar-refractivity contribution in [2.24, 2.45) is 5.92 Å². The number of hydrogen-bond donors (Lipinski definition) is 2. The second-order valence-electron chi connectivity index (χ2n) is 8.62. The van der Waals surface area contributed by atoms with Crippen LogP contribution >= 0.6 is 0 Å². The lowest BCUT2D eigenvalue weighted by atomic mass is 9.99. The average molecular weight is 464 g/mol. The summed E-state index contributed by atoms with van der Waals surface area (Å²) in [6.45, 7) is 5.09. The molecule has 7 heteroatoms. The van der Waals surface area contributed by atoms with Gasteiger partial charge in [-0.15, -0.1) is 0 Å². The van der Waals surface area contributed by atoms with E-state index in [1.165, 1.54) is 6.33 Å². The number of nitrogens with one attached hydrogen (secondary N) is 2. The first-order valence-corrected chi connectivity index (χ1v) is 11.5.